The van der Waals surface area contributed by atoms with Gasteiger partial charge in [-0.1, -0.05) is 18.2 Å². The van der Waals surface area contributed by atoms with Gasteiger partial charge in [-0.25, -0.2) is 4.98 Å². The number of benzene rings is 2. The van der Waals surface area contributed by atoms with E-state index in [0.29, 0.717) is 35.2 Å². The fourth-order valence-corrected chi connectivity index (χ4v) is 5.05. The maximum atomic E-state index is 12.6. The molecule has 4 rings (SSSR count). The third-order valence-corrected chi connectivity index (χ3v) is 7.43. The van der Waals surface area contributed by atoms with Crippen molar-refractivity contribution in [3.63, 3.8) is 0 Å². The van der Waals surface area contributed by atoms with Crippen molar-refractivity contribution in [3.05, 3.63) is 71.6 Å². The Hall–Kier alpha value is -2.81. The van der Waals surface area contributed by atoms with Crippen LogP contribution in [0.4, 0.5) is 0 Å². The second-order valence-electron chi connectivity index (χ2n) is 8.66. The van der Waals surface area contributed by atoms with Gasteiger partial charge in [0.1, 0.15) is 5.76 Å². The Balaban J connectivity index is 1.28. The molecule has 1 amide bonds. The van der Waals surface area contributed by atoms with Crippen LogP contribution in [0.5, 0.6) is 0 Å². The van der Waals surface area contributed by atoms with Gasteiger partial charge in [0.05, 0.1) is 22.2 Å². The van der Waals surface area contributed by atoms with Crippen molar-refractivity contribution in [1.82, 2.24) is 20.1 Å². The van der Waals surface area contributed by atoms with Crippen molar-refractivity contribution in [2.45, 2.75) is 24.0 Å². The van der Waals surface area contributed by atoms with Crippen LogP contribution in [0.3, 0.4) is 0 Å². The van der Waals surface area contributed by atoms with Crippen LogP contribution >= 0.6 is 0 Å². The monoisotopic (exact) mass is 480 g/mol. The van der Waals surface area contributed by atoms with Gasteiger partial charge in [-0.3, -0.25) is 9.00 Å². The van der Waals surface area contributed by atoms with E-state index in [1.807, 2.05) is 49.4 Å². The van der Waals surface area contributed by atoms with Gasteiger partial charge in [-0.2, -0.15) is 0 Å². The Kier molecular flexibility index (Phi) is 8.26. The minimum absolute atomic E-state index is 0.0764. The standard InChI is InChI=1S/C26H32N4O3S/c1-20-24(19-34(32)23-7-4-3-5-8-23)28-26(33-20)22-11-9-21(10-12-22)25(31)27-13-6-14-30-17-15-29(2)16-18-30/h3-5,7-12H,6,13-19H2,1-2H3,(H,27,31). The number of nitrogens with zero attached hydrogens (tertiary/aromatic N) is 3. The number of likely N-dealkylation sites (N-methyl/N-ethyl adjacent to an activating group) is 1. The lowest BCUT2D eigenvalue weighted by molar-refractivity contribution is 0.0949. The van der Waals surface area contributed by atoms with Gasteiger partial charge in [0.15, 0.2) is 0 Å². The fraction of sp³-hybridized carbons (Fsp3) is 0.385. The minimum Gasteiger partial charge on any atom is -0.441 e. The summed E-state index contributed by atoms with van der Waals surface area (Å²) < 4.78 is 18.5. The molecule has 0 aliphatic carbocycles. The molecule has 0 radical (unpaired) electrons. The van der Waals surface area contributed by atoms with Crippen LogP contribution in [0.25, 0.3) is 11.5 Å². The Bertz CT molecular complexity index is 1110. The third-order valence-electron chi connectivity index (χ3n) is 6.09. The SMILES string of the molecule is Cc1oc(-c2ccc(C(=O)NCCCN3CCN(C)CC3)cc2)nc1CS(=O)c1ccccc1. The van der Waals surface area contributed by atoms with Crippen LogP contribution in [0.1, 0.15) is 28.2 Å². The molecule has 0 bridgehead atoms. The minimum atomic E-state index is -1.19. The summed E-state index contributed by atoms with van der Waals surface area (Å²) in [7, 11) is 0.966. The molecule has 1 aromatic heterocycles. The van der Waals surface area contributed by atoms with Gasteiger partial charge in [0.25, 0.3) is 5.91 Å². The number of aryl methyl sites for hydroxylation is 1. The van der Waals surface area contributed by atoms with E-state index < -0.39 is 10.8 Å². The van der Waals surface area contributed by atoms with Gasteiger partial charge in [0, 0.05) is 48.7 Å². The van der Waals surface area contributed by atoms with Crippen LogP contribution in [0.15, 0.2) is 63.9 Å². The predicted molar refractivity (Wildman–Crippen MR) is 134 cm³/mol. The molecule has 180 valence electrons. The van der Waals surface area contributed by atoms with Crippen molar-refractivity contribution >= 4 is 16.7 Å². The molecule has 2 heterocycles. The molecule has 8 heteroatoms. The average molecular weight is 481 g/mol. The zero-order valence-corrected chi connectivity index (χ0v) is 20.6. The number of rotatable bonds is 9. The number of aromatic nitrogens is 1. The summed E-state index contributed by atoms with van der Waals surface area (Å²) in [5, 5.41) is 3.01. The summed E-state index contributed by atoms with van der Waals surface area (Å²) in [6.07, 6.45) is 0.941. The maximum absolute atomic E-state index is 12.6. The van der Waals surface area contributed by atoms with E-state index in [1.54, 1.807) is 12.1 Å². The van der Waals surface area contributed by atoms with Crippen molar-refractivity contribution in [2.75, 3.05) is 46.3 Å². The molecule has 1 aliphatic rings. The Morgan fingerprint density at radius 1 is 1.06 bits per heavy atom. The highest BCUT2D eigenvalue weighted by Gasteiger charge is 2.16. The molecule has 1 aliphatic heterocycles. The summed E-state index contributed by atoms with van der Waals surface area (Å²) in [5.41, 5.74) is 2.07. The zero-order chi connectivity index (χ0) is 23.9. The van der Waals surface area contributed by atoms with Crippen LogP contribution in [0, 0.1) is 6.92 Å². The van der Waals surface area contributed by atoms with E-state index in [4.69, 9.17) is 4.42 Å². The van der Waals surface area contributed by atoms with Crippen molar-refractivity contribution in [3.8, 4) is 11.5 Å². The summed E-state index contributed by atoms with van der Waals surface area (Å²) in [6, 6.07) is 16.6. The number of carbonyl (C=O) groups excluding carboxylic acids is 1. The summed E-state index contributed by atoms with van der Waals surface area (Å²) >= 11 is 0. The van der Waals surface area contributed by atoms with Crippen LogP contribution in [-0.4, -0.2) is 71.2 Å². The lowest BCUT2D eigenvalue weighted by Crippen LogP contribution is -2.45. The molecule has 0 saturated carbocycles. The molecule has 1 fully saturated rings. The smallest absolute Gasteiger partial charge is 0.251 e. The molecule has 1 N–H and O–H groups in total. The van der Waals surface area contributed by atoms with Gasteiger partial charge < -0.3 is 19.5 Å². The molecule has 0 spiro atoms. The number of carbonyl (C=O) groups is 1. The highest BCUT2D eigenvalue weighted by molar-refractivity contribution is 7.84. The molecular weight excluding hydrogens is 448 g/mol. The van der Waals surface area contributed by atoms with Gasteiger partial charge in [-0.05, 0) is 63.3 Å². The fourth-order valence-electron chi connectivity index (χ4n) is 3.91. The average Bonchev–Trinajstić information content (AvgIpc) is 3.23. The van der Waals surface area contributed by atoms with E-state index in [9.17, 15) is 9.00 Å². The topological polar surface area (TPSA) is 78.7 Å². The molecule has 2 aromatic carbocycles. The highest BCUT2D eigenvalue weighted by atomic mass is 32.2. The molecule has 1 saturated heterocycles. The van der Waals surface area contributed by atoms with E-state index in [2.05, 4.69) is 27.1 Å². The molecular formula is C26H32N4O3S. The lowest BCUT2D eigenvalue weighted by Gasteiger charge is -2.32. The first-order valence-corrected chi connectivity index (χ1v) is 13.0. The van der Waals surface area contributed by atoms with Crippen molar-refractivity contribution in [2.24, 2.45) is 0 Å². The Morgan fingerprint density at radius 3 is 2.47 bits per heavy atom. The predicted octanol–water partition coefficient (Wildman–Crippen LogP) is 3.33. The first kappa shape index (κ1) is 24.3. The van der Waals surface area contributed by atoms with Gasteiger partial charge in [0.2, 0.25) is 5.89 Å². The molecule has 3 aromatic rings. The molecule has 1 unspecified atom stereocenters. The largest absolute Gasteiger partial charge is 0.441 e. The van der Waals surface area contributed by atoms with E-state index in [1.165, 1.54) is 0 Å². The summed E-state index contributed by atoms with van der Waals surface area (Å²) in [5.74, 6) is 1.35. The Labute approximate surface area is 203 Å². The second kappa shape index (κ2) is 11.6. The van der Waals surface area contributed by atoms with Gasteiger partial charge >= 0.3 is 0 Å². The first-order chi connectivity index (χ1) is 16.5. The summed E-state index contributed by atoms with van der Waals surface area (Å²) in [6.45, 7) is 7.90. The third kappa shape index (κ3) is 6.40. The number of amides is 1. The first-order valence-electron chi connectivity index (χ1n) is 11.7. The highest BCUT2D eigenvalue weighted by Crippen LogP contribution is 2.24. The maximum Gasteiger partial charge on any atom is 0.251 e. The van der Waals surface area contributed by atoms with Gasteiger partial charge in [-0.15, -0.1) is 0 Å². The number of hydrogen-bond donors (Lipinski definition) is 1. The van der Waals surface area contributed by atoms with E-state index in [0.717, 1.165) is 49.6 Å². The van der Waals surface area contributed by atoms with Crippen LogP contribution in [-0.2, 0) is 16.6 Å². The number of piperazine rings is 1. The zero-order valence-electron chi connectivity index (χ0n) is 19.8. The van der Waals surface area contributed by atoms with Crippen LogP contribution in [0.2, 0.25) is 0 Å². The lowest BCUT2D eigenvalue weighted by atomic mass is 10.1. The molecule has 7 nitrogen and oxygen atoms in total. The number of nitrogens with one attached hydrogen (secondary N) is 1. The number of hydrogen-bond acceptors (Lipinski definition) is 6. The quantitative estimate of drug-likeness (QED) is 0.474. The second-order valence-corrected chi connectivity index (χ2v) is 10.1. The summed E-state index contributed by atoms with van der Waals surface area (Å²) in [4.78, 5) is 22.6. The molecule has 34 heavy (non-hydrogen) atoms. The van der Waals surface area contributed by atoms with Crippen molar-refractivity contribution in [1.29, 1.82) is 0 Å². The van der Waals surface area contributed by atoms with Crippen LogP contribution < -0.4 is 5.32 Å². The van der Waals surface area contributed by atoms with E-state index >= 15 is 0 Å². The molecule has 1 atom stereocenters. The van der Waals surface area contributed by atoms with Crippen molar-refractivity contribution < 1.29 is 13.4 Å². The Morgan fingerprint density at radius 2 is 1.76 bits per heavy atom. The normalized spacial score (nSPS) is 15.8. The van der Waals surface area contributed by atoms with E-state index in [-0.39, 0.29) is 5.91 Å². The number of oxazole rings is 1.